The van der Waals surface area contributed by atoms with E-state index in [1.165, 1.54) is 5.56 Å². The van der Waals surface area contributed by atoms with E-state index < -0.39 is 0 Å². The highest BCUT2D eigenvalue weighted by atomic mass is 32.1. The summed E-state index contributed by atoms with van der Waals surface area (Å²) in [7, 11) is 0. The third kappa shape index (κ3) is 8.29. The van der Waals surface area contributed by atoms with Gasteiger partial charge in [-0.1, -0.05) is 32.9 Å². The van der Waals surface area contributed by atoms with Gasteiger partial charge in [0.05, 0.1) is 6.61 Å². The van der Waals surface area contributed by atoms with E-state index in [2.05, 4.69) is 43.5 Å². The van der Waals surface area contributed by atoms with Crippen molar-refractivity contribution in [3.8, 4) is 5.75 Å². The quantitative estimate of drug-likeness (QED) is 0.624. The molecule has 0 heterocycles. The normalized spacial score (nSPS) is 11.8. The van der Waals surface area contributed by atoms with E-state index in [0.717, 1.165) is 5.75 Å². The smallest absolute Gasteiger partial charge is 0.226 e. The Morgan fingerprint density at radius 1 is 1.08 bits per heavy atom. The molecule has 0 bridgehead atoms. The van der Waals surface area contributed by atoms with E-state index in [1.54, 1.807) is 0 Å². The van der Waals surface area contributed by atoms with Crippen molar-refractivity contribution >= 4 is 23.2 Å². The average Bonchev–Trinajstić information content (AvgIpc) is 2.41. The van der Waals surface area contributed by atoms with Crippen molar-refractivity contribution in [1.82, 2.24) is 10.6 Å². The Balaban J connectivity index is 2.28. The molecule has 134 valence electrons. The summed E-state index contributed by atoms with van der Waals surface area (Å²) in [4.78, 5) is 11.8. The van der Waals surface area contributed by atoms with Crippen LogP contribution in [0.15, 0.2) is 24.3 Å². The van der Waals surface area contributed by atoms with Gasteiger partial charge in [-0.3, -0.25) is 4.79 Å². The zero-order valence-corrected chi connectivity index (χ0v) is 16.5. The van der Waals surface area contributed by atoms with Gasteiger partial charge in [-0.05, 0) is 62.5 Å². The lowest BCUT2D eigenvalue weighted by atomic mass is 9.87. The molecule has 0 spiro atoms. The molecule has 24 heavy (non-hydrogen) atoms. The first-order valence-electron chi connectivity index (χ1n) is 8.33. The third-order valence-electron chi connectivity index (χ3n) is 3.28. The van der Waals surface area contributed by atoms with Crippen LogP contribution in [0.5, 0.6) is 5.75 Å². The van der Waals surface area contributed by atoms with Crippen molar-refractivity contribution in [2.24, 2.45) is 0 Å². The second kappa shape index (κ2) is 8.47. The Morgan fingerprint density at radius 2 is 1.67 bits per heavy atom. The lowest BCUT2D eigenvalue weighted by molar-refractivity contribution is -0.119. The first-order chi connectivity index (χ1) is 11.0. The first kappa shape index (κ1) is 20.4. The van der Waals surface area contributed by atoms with E-state index in [0.29, 0.717) is 24.6 Å². The van der Waals surface area contributed by atoms with Gasteiger partial charge < -0.3 is 15.4 Å². The van der Waals surface area contributed by atoms with Crippen LogP contribution in [0.2, 0.25) is 0 Å². The number of hydrogen-bond donors (Lipinski definition) is 2. The monoisotopic (exact) mass is 350 g/mol. The molecule has 0 aliphatic carbocycles. The predicted octanol–water partition coefficient (Wildman–Crippen LogP) is 3.93. The van der Waals surface area contributed by atoms with Gasteiger partial charge in [0.1, 0.15) is 5.75 Å². The van der Waals surface area contributed by atoms with E-state index in [4.69, 9.17) is 17.0 Å². The molecule has 1 rings (SSSR count). The van der Waals surface area contributed by atoms with Crippen molar-refractivity contribution in [3.05, 3.63) is 29.8 Å². The third-order valence-corrected chi connectivity index (χ3v) is 3.48. The number of nitrogens with one attached hydrogen (secondary N) is 2. The van der Waals surface area contributed by atoms with Gasteiger partial charge in [-0.2, -0.15) is 0 Å². The zero-order valence-electron chi connectivity index (χ0n) is 15.7. The molecule has 4 nitrogen and oxygen atoms in total. The number of rotatable bonds is 5. The van der Waals surface area contributed by atoms with Crippen molar-refractivity contribution in [3.63, 3.8) is 0 Å². The second-order valence-electron chi connectivity index (χ2n) is 7.98. The summed E-state index contributed by atoms with van der Waals surface area (Å²) >= 11 is 5.10. The fourth-order valence-corrected chi connectivity index (χ4v) is 2.45. The molecule has 2 N–H and O–H groups in total. The Kier molecular flexibility index (Phi) is 7.21. The topological polar surface area (TPSA) is 50.4 Å². The van der Waals surface area contributed by atoms with Crippen LogP contribution < -0.4 is 15.4 Å². The summed E-state index contributed by atoms with van der Waals surface area (Å²) in [6.45, 7) is 13.0. The molecule has 0 unspecified atom stereocenters. The van der Waals surface area contributed by atoms with Gasteiger partial charge in [-0.25, -0.2) is 0 Å². The summed E-state index contributed by atoms with van der Waals surface area (Å²) in [5, 5.41) is 6.10. The average molecular weight is 351 g/mol. The molecule has 0 fully saturated rings. The molecule has 0 saturated heterocycles. The van der Waals surface area contributed by atoms with Crippen LogP contribution in [-0.4, -0.2) is 23.2 Å². The van der Waals surface area contributed by atoms with Crippen LogP contribution in [0.4, 0.5) is 0 Å². The number of hydrogen-bond acceptors (Lipinski definition) is 3. The molecule has 0 aliphatic heterocycles. The lowest BCUT2D eigenvalue weighted by Crippen LogP contribution is -2.48. The van der Waals surface area contributed by atoms with Crippen LogP contribution >= 0.6 is 12.2 Å². The number of carbonyl (C=O) groups is 1. The van der Waals surface area contributed by atoms with Crippen LogP contribution in [-0.2, 0) is 10.2 Å². The molecule has 0 aromatic heterocycles. The van der Waals surface area contributed by atoms with Gasteiger partial charge in [0, 0.05) is 12.0 Å². The van der Waals surface area contributed by atoms with Crippen molar-refractivity contribution < 1.29 is 9.53 Å². The first-order valence-corrected chi connectivity index (χ1v) is 8.73. The molecule has 1 aromatic carbocycles. The molecule has 0 atom stereocenters. The maximum atomic E-state index is 11.8. The minimum Gasteiger partial charge on any atom is -0.494 e. The van der Waals surface area contributed by atoms with Gasteiger partial charge >= 0.3 is 0 Å². The summed E-state index contributed by atoms with van der Waals surface area (Å²) < 4.78 is 5.68. The molecule has 1 aromatic rings. The Labute approximate surface area is 151 Å². The Morgan fingerprint density at radius 3 is 2.17 bits per heavy atom. The number of benzene rings is 1. The van der Waals surface area contributed by atoms with Crippen molar-refractivity contribution in [1.29, 1.82) is 0 Å². The van der Waals surface area contributed by atoms with E-state index in [9.17, 15) is 4.79 Å². The maximum Gasteiger partial charge on any atom is 0.226 e. The van der Waals surface area contributed by atoms with E-state index >= 15 is 0 Å². The van der Waals surface area contributed by atoms with Crippen LogP contribution in [0.1, 0.15) is 59.9 Å². The fourth-order valence-electron chi connectivity index (χ4n) is 2.03. The summed E-state index contributed by atoms with van der Waals surface area (Å²) in [6, 6.07) is 8.11. The molecule has 5 heteroatoms. The zero-order chi connectivity index (χ0) is 18.4. The summed E-state index contributed by atoms with van der Waals surface area (Å²) in [5.41, 5.74) is 1.25. The highest BCUT2D eigenvalue weighted by Crippen LogP contribution is 2.24. The minimum absolute atomic E-state index is 0.0940. The van der Waals surface area contributed by atoms with Crippen LogP contribution in [0, 0.1) is 0 Å². The molecule has 1 amide bonds. The Bertz CT molecular complexity index is 554. The molecular weight excluding hydrogens is 320 g/mol. The van der Waals surface area contributed by atoms with E-state index in [1.807, 2.05) is 32.9 Å². The van der Waals surface area contributed by atoms with Gasteiger partial charge in [-0.15, -0.1) is 0 Å². The number of ether oxygens (including phenoxy) is 1. The summed E-state index contributed by atoms with van der Waals surface area (Å²) in [5.74, 6) is 0.733. The van der Waals surface area contributed by atoms with Gasteiger partial charge in [0.2, 0.25) is 5.91 Å². The highest BCUT2D eigenvalue weighted by Gasteiger charge is 2.14. The number of carbonyl (C=O) groups excluding carboxylic acids is 1. The second-order valence-corrected chi connectivity index (χ2v) is 8.39. The van der Waals surface area contributed by atoms with Crippen molar-refractivity contribution in [2.45, 2.75) is 65.3 Å². The lowest BCUT2D eigenvalue weighted by Gasteiger charge is -2.22. The highest BCUT2D eigenvalue weighted by molar-refractivity contribution is 7.80. The van der Waals surface area contributed by atoms with Crippen molar-refractivity contribution in [2.75, 3.05) is 6.61 Å². The predicted molar refractivity (Wildman–Crippen MR) is 104 cm³/mol. The van der Waals surface area contributed by atoms with Gasteiger partial charge in [0.25, 0.3) is 0 Å². The maximum absolute atomic E-state index is 11.8. The summed E-state index contributed by atoms with van der Waals surface area (Å²) in [6.07, 6.45) is 1.02. The van der Waals surface area contributed by atoms with Crippen LogP contribution in [0.3, 0.4) is 0 Å². The molecular formula is C19H30N2O2S. The molecule has 0 saturated carbocycles. The fraction of sp³-hybridized carbons (Fsp3) is 0.579. The molecule has 0 aliphatic rings. The molecule has 0 radical (unpaired) electrons. The standard InChI is InChI=1S/C19H30N2O2S/c1-18(2,3)14-9-11-15(12-10-14)23-13-7-8-16(22)20-17(24)21-19(4,5)6/h9-12H,7-8,13H2,1-6H3,(H2,20,21,22,24). The van der Waals surface area contributed by atoms with Gasteiger partial charge in [0.15, 0.2) is 5.11 Å². The van der Waals surface area contributed by atoms with Crippen LogP contribution in [0.25, 0.3) is 0 Å². The number of thiocarbonyl (C=S) groups is 1. The Hall–Kier alpha value is -1.62. The minimum atomic E-state index is -0.160. The largest absolute Gasteiger partial charge is 0.494 e. The SMILES string of the molecule is CC(C)(C)NC(=S)NC(=O)CCCOc1ccc(C(C)(C)C)cc1. The number of amides is 1. The van der Waals surface area contributed by atoms with E-state index in [-0.39, 0.29) is 16.9 Å².